The zero-order valence-corrected chi connectivity index (χ0v) is 18.9. The Kier molecular flexibility index (Phi) is 7.32. The molecule has 0 saturated carbocycles. The second kappa shape index (κ2) is 9.73. The van der Waals surface area contributed by atoms with Crippen LogP contribution in [-0.2, 0) is 10.0 Å². The maximum Gasteiger partial charge on any atom is 0.261 e. The van der Waals surface area contributed by atoms with E-state index in [2.05, 4.69) is 32.5 Å². The van der Waals surface area contributed by atoms with Gasteiger partial charge in [-0.25, -0.2) is 8.42 Å². The highest BCUT2D eigenvalue weighted by Gasteiger charge is 2.21. The smallest absolute Gasteiger partial charge is 0.261 e. The fourth-order valence-corrected chi connectivity index (χ4v) is 5.11. The number of nitrogens with one attached hydrogen (secondary N) is 1. The van der Waals surface area contributed by atoms with Crippen molar-refractivity contribution < 1.29 is 13.2 Å². The van der Waals surface area contributed by atoms with Crippen LogP contribution in [0.2, 0.25) is 0 Å². The molecule has 1 saturated heterocycles. The van der Waals surface area contributed by atoms with Crippen LogP contribution in [-0.4, -0.2) is 56.8 Å². The summed E-state index contributed by atoms with van der Waals surface area (Å²) in [6, 6.07) is 13.2. The molecule has 8 heteroatoms. The van der Waals surface area contributed by atoms with Crippen molar-refractivity contribution in [2.75, 3.05) is 37.4 Å². The summed E-state index contributed by atoms with van der Waals surface area (Å²) in [4.78, 5) is 17.4. The molecule has 0 aliphatic carbocycles. The Hall–Kier alpha value is -1.90. The van der Waals surface area contributed by atoms with Crippen molar-refractivity contribution in [1.82, 2.24) is 9.80 Å². The maximum atomic E-state index is 13.0. The lowest BCUT2D eigenvalue weighted by atomic mass is 10.1. The Bertz CT molecular complexity index is 965. The summed E-state index contributed by atoms with van der Waals surface area (Å²) in [5, 5.41) is 0. The molecule has 1 N–H and O–H groups in total. The summed E-state index contributed by atoms with van der Waals surface area (Å²) < 4.78 is 28.5. The Morgan fingerprint density at radius 2 is 1.86 bits per heavy atom. The van der Waals surface area contributed by atoms with Gasteiger partial charge >= 0.3 is 0 Å². The van der Waals surface area contributed by atoms with Gasteiger partial charge in [-0.15, -0.1) is 0 Å². The van der Waals surface area contributed by atoms with E-state index in [0.717, 1.165) is 32.5 Å². The van der Waals surface area contributed by atoms with Crippen LogP contribution in [0, 0.1) is 0 Å². The number of amides is 1. The van der Waals surface area contributed by atoms with Gasteiger partial charge in [-0.1, -0.05) is 35.0 Å². The first-order chi connectivity index (χ1) is 13.9. The number of benzene rings is 2. The Morgan fingerprint density at radius 3 is 2.62 bits per heavy atom. The Morgan fingerprint density at radius 1 is 1.07 bits per heavy atom. The SMILES string of the molecule is CCCN1CCCN(C(=O)c2cccc(NS(=O)(=O)c3cccc(Br)c3)c2)CC1. The van der Waals surface area contributed by atoms with E-state index in [0.29, 0.717) is 28.8 Å². The molecule has 0 unspecified atom stereocenters. The van der Waals surface area contributed by atoms with Gasteiger partial charge in [0.05, 0.1) is 4.90 Å². The fraction of sp³-hybridized carbons (Fsp3) is 0.381. The van der Waals surface area contributed by atoms with Crippen molar-refractivity contribution in [2.24, 2.45) is 0 Å². The van der Waals surface area contributed by atoms with E-state index >= 15 is 0 Å². The normalized spacial score (nSPS) is 15.7. The zero-order valence-electron chi connectivity index (χ0n) is 16.5. The third-order valence-electron chi connectivity index (χ3n) is 4.88. The lowest BCUT2D eigenvalue weighted by Gasteiger charge is -2.22. The van der Waals surface area contributed by atoms with Gasteiger partial charge in [-0.05, 0) is 62.3 Å². The number of carbonyl (C=O) groups excluding carboxylic acids is 1. The summed E-state index contributed by atoms with van der Waals surface area (Å²) in [7, 11) is -3.73. The second-order valence-corrected chi connectivity index (χ2v) is 9.73. The number of nitrogens with zero attached hydrogens (tertiary/aromatic N) is 2. The molecule has 0 spiro atoms. The largest absolute Gasteiger partial charge is 0.337 e. The highest BCUT2D eigenvalue weighted by atomic mass is 79.9. The third kappa shape index (κ3) is 5.81. The summed E-state index contributed by atoms with van der Waals surface area (Å²) in [6.45, 7) is 6.49. The average molecular weight is 480 g/mol. The first-order valence-electron chi connectivity index (χ1n) is 9.79. The number of rotatable bonds is 6. The van der Waals surface area contributed by atoms with Crippen LogP contribution in [0.3, 0.4) is 0 Å². The summed E-state index contributed by atoms with van der Waals surface area (Å²) >= 11 is 3.29. The number of sulfonamides is 1. The fourth-order valence-electron chi connectivity index (χ4n) is 3.46. The van der Waals surface area contributed by atoms with Crippen molar-refractivity contribution in [3.05, 3.63) is 58.6 Å². The van der Waals surface area contributed by atoms with E-state index in [1.54, 1.807) is 36.4 Å². The predicted molar refractivity (Wildman–Crippen MR) is 119 cm³/mol. The van der Waals surface area contributed by atoms with Gasteiger partial charge in [0.1, 0.15) is 0 Å². The molecule has 0 atom stereocenters. The van der Waals surface area contributed by atoms with Crippen molar-refractivity contribution in [2.45, 2.75) is 24.7 Å². The van der Waals surface area contributed by atoms with Crippen LogP contribution in [0.15, 0.2) is 57.9 Å². The monoisotopic (exact) mass is 479 g/mol. The predicted octanol–water partition coefficient (Wildman–Crippen LogP) is 3.81. The molecule has 3 rings (SSSR count). The van der Waals surface area contributed by atoms with E-state index in [1.807, 2.05) is 4.90 Å². The molecule has 29 heavy (non-hydrogen) atoms. The first kappa shape index (κ1) is 21.8. The first-order valence-corrected chi connectivity index (χ1v) is 12.1. The highest BCUT2D eigenvalue weighted by molar-refractivity contribution is 9.10. The van der Waals surface area contributed by atoms with Gasteiger partial charge in [0, 0.05) is 35.4 Å². The number of hydrogen-bond acceptors (Lipinski definition) is 4. The molecule has 2 aromatic rings. The topological polar surface area (TPSA) is 69.7 Å². The molecule has 6 nitrogen and oxygen atoms in total. The van der Waals surface area contributed by atoms with E-state index in [1.165, 1.54) is 12.1 Å². The van der Waals surface area contributed by atoms with E-state index < -0.39 is 10.0 Å². The highest BCUT2D eigenvalue weighted by Crippen LogP contribution is 2.21. The van der Waals surface area contributed by atoms with Gasteiger partial charge in [0.25, 0.3) is 15.9 Å². The van der Waals surface area contributed by atoms with E-state index in [9.17, 15) is 13.2 Å². The lowest BCUT2D eigenvalue weighted by Crippen LogP contribution is -2.35. The molecule has 156 valence electrons. The van der Waals surface area contributed by atoms with Crippen molar-refractivity contribution in [1.29, 1.82) is 0 Å². The lowest BCUT2D eigenvalue weighted by molar-refractivity contribution is 0.0761. The molecule has 1 aliphatic rings. The molecule has 0 bridgehead atoms. The molecule has 0 radical (unpaired) electrons. The van der Waals surface area contributed by atoms with Crippen LogP contribution in [0.1, 0.15) is 30.1 Å². The van der Waals surface area contributed by atoms with Crippen molar-refractivity contribution >= 4 is 37.5 Å². The van der Waals surface area contributed by atoms with Crippen LogP contribution >= 0.6 is 15.9 Å². The van der Waals surface area contributed by atoms with Crippen molar-refractivity contribution in [3.8, 4) is 0 Å². The van der Waals surface area contributed by atoms with Crippen LogP contribution in [0.4, 0.5) is 5.69 Å². The van der Waals surface area contributed by atoms with Crippen molar-refractivity contribution in [3.63, 3.8) is 0 Å². The van der Waals surface area contributed by atoms with Crippen LogP contribution in [0.25, 0.3) is 0 Å². The Labute approximate surface area is 181 Å². The second-order valence-electron chi connectivity index (χ2n) is 7.13. The summed E-state index contributed by atoms with van der Waals surface area (Å²) in [5.74, 6) is -0.0631. The maximum absolute atomic E-state index is 13.0. The number of hydrogen-bond donors (Lipinski definition) is 1. The molecule has 0 aromatic heterocycles. The van der Waals surface area contributed by atoms with Gasteiger partial charge in [0.2, 0.25) is 0 Å². The minimum Gasteiger partial charge on any atom is -0.337 e. The Balaban J connectivity index is 1.73. The van der Waals surface area contributed by atoms with Gasteiger partial charge in [-0.2, -0.15) is 0 Å². The average Bonchev–Trinajstić information content (AvgIpc) is 2.93. The van der Waals surface area contributed by atoms with Gasteiger partial charge in [-0.3, -0.25) is 9.52 Å². The van der Waals surface area contributed by atoms with Gasteiger partial charge < -0.3 is 9.80 Å². The number of carbonyl (C=O) groups is 1. The zero-order chi connectivity index (χ0) is 20.9. The number of halogens is 1. The minimum absolute atomic E-state index is 0.0631. The molecule has 1 heterocycles. The van der Waals surface area contributed by atoms with Crippen LogP contribution in [0.5, 0.6) is 0 Å². The molecular weight excluding hydrogens is 454 g/mol. The van der Waals surface area contributed by atoms with Gasteiger partial charge in [0.15, 0.2) is 0 Å². The molecular formula is C21H26BrN3O3S. The number of anilines is 1. The summed E-state index contributed by atoms with van der Waals surface area (Å²) in [5.41, 5.74) is 0.863. The quantitative estimate of drug-likeness (QED) is 0.683. The summed E-state index contributed by atoms with van der Waals surface area (Å²) in [6.07, 6.45) is 2.05. The van der Waals surface area contributed by atoms with E-state index in [-0.39, 0.29) is 10.8 Å². The molecule has 1 fully saturated rings. The standard InChI is InChI=1S/C21H26BrN3O3S/c1-2-10-24-11-5-12-25(14-13-24)21(26)17-6-3-8-19(15-17)23-29(27,28)20-9-4-7-18(22)16-20/h3-4,6-9,15-16,23H,2,5,10-14H2,1H3. The molecule has 1 aliphatic heterocycles. The third-order valence-corrected chi connectivity index (χ3v) is 6.76. The molecule has 2 aromatic carbocycles. The van der Waals surface area contributed by atoms with E-state index in [4.69, 9.17) is 0 Å². The minimum atomic E-state index is -3.73. The van der Waals surface area contributed by atoms with Crippen LogP contribution < -0.4 is 4.72 Å². The molecule has 1 amide bonds.